The lowest BCUT2D eigenvalue weighted by molar-refractivity contribution is -0.136. The number of carbonyl (C=O) groups excluding carboxylic acids is 2. The standard InChI is InChI=1S/C35H51F5N4O12/c1-22-26(46)18-23(25(20-45)34(22)49)21-55-7-2-24-19-44(43-42-24)6-11-53-15-17-54-16-14-52-10-5-41-27(47)3-8-50-12-13-51-9-4-28(48)56-35-32(39)30(37)29(36)31(38)33(35)40/h19,22-23,25-26,34,45-46,49H,2-18,20-21H2,1H3,(H,41,47)/t22-,23+,25-,26+,34+/m0/s1. The molecule has 4 N–H and O–H groups in total. The minimum atomic E-state index is -2.37. The number of rotatable bonds is 28. The normalized spacial score (nSPS) is 19.7. The Morgan fingerprint density at radius 3 is 2.00 bits per heavy atom. The quantitative estimate of drug-likeness (QED) is 0.0238. The summed E-state index contributed by atoms with van der Waals surface area (Å²) in [7, 11) is 0. The van der Waals surface area contributed by atoms with Crippen LogP contribution < -0.4 is 10.1 Å². The van der Waals surface area contributed by atoms with Gasteiger partial charge in [0.2, 0.25) is 40.7 Å². The van der Waals surface area contributed by atoms with Crippen molar-refractivity contribution in [1.82, 2.24) is 20.3 Å². The number of esters is 1. The highest BCUT2D eigenvalue weighted by Crippen LogP contribution is 2.34. The molecule has 0 radical (unpaired) electrons. The van der Waals surface area contributed by atoms with Crippen LogP contribution in [0.25, 0.3) is 0 Å². The first kappa shape index (κ1) is 47.0. The molecule has 3 rings (SSSR count). The molecular formula is C35H51F5N4O12. The molecule has 56 heavy (non-hydrogen) atoms. The number of halogens is 5. The Morgan fingerprint density at radius 2 is 1.36 bits per heavy atom. The summed E-state index contributed by atoms with van der Waals surface area (Å²) in [6, 6.07) is 0. The number of aliphatic hydroxyl groups is 3. The van der Waals surface area contributed by atoms with Crippen LogP contribution in [0.15, 0.2) is 6.20 Å². The third-order valence-corrected chi connectivity index (χ3v) is 8.82. The maximum atomic E-state index is 13.6. The summed E-state index contributed by atoms with van der Waals surface area (Å²) in [5.74, 6) is -15.3. The second-order valence-electron chi connectivity index (χ2n) is 12.8. The van der Waals surface area contributed by atoms with Crippen LogP contribution in [0, 0.1) is 46.8 Å². The fourth-order valence-electron chi connectivity index (χ4n) is 5.55. The van der Waals surface area contributed by atoms with E-state index in [0.717, 1.165) is 5.69 Å². The SMILES string of the molecule is C[C@@H]1[C@@H](O)[C@@H](CO)[C@@H](COCCc2cn(CCOCCOCCOCCNC(=O)CCOCCOCCC(=O)Oc3c(F)c(F)c(F)c(F)c3F)nn2)C[C@H]1O. The second-order valence-corrected chi connectivity index (χ2v) is 12.8. The van der Waals surface area contributed by atoms with Crippen molar-refractivity contribution in [3.63, 3.8) is 0 Å². The molecule has 0 bridgehead atoms. The second kappa shape index (κ2) is 25.8. The van der Waals surface area contributed by atoms with Gasteiger partial charge in [0.1, 0.15) is 0 Å². The van der Waals surface area contributed by atoms with Gasteiger partial charge in [-0.15, -0.1) is 5.10 Å². The fraction of sp³-hybridized carbons (Fsp3) is 0.714. The Morgan fingerprint density at radius 1 is 0.786 bits per heavy atom. The summed E-state index contributed by atoms with van der Waals surface area (Å²) in [4.78, 5) is 23.6. The van der Waals surface area contributed by atoms with Gasteiger partial charge in [0.15, 0.2) is 0 Å². The molecule has 1 fully saturated rings. The number of hydrogen-bond donors (Lipinski definition) is 4. The van der Waals surface area contributed by atoms with Crippen molar-refractivity contribution in [3.8, 4) is 5.75 Å². The zero-order valence-electron chi connectivity index (χ0n) is 31.1. The molecule has 1 heterocycles. The number of amides is 1. The van der Waals surface area contributed by atoms with E-state index in [1.807, 2.05) is 6.20 Å². The average Bonchev–Trinajstić information content (AvgIpc) is 3.64. The molecule has 2 aromatic rings. The van der Waals surface area contributed by atoms with Gasteiger partial charge in [-0.1, -0.05) is 12.1 Å². The molecule has 0 saturated heterocycles. The van der Waals surface area contributed by atoms with Gasteiger partial charge in [-0.2, -0.15) is 8.78 Å². The van der Waals surface area contributed by atoms with E-state index in [9.17, 15) is 46.9 Å². The molecule has 0 unspecified atom stereocenters. The van der Waals surface area contributed by atoms with E-state index >= 15 is 0 Å². The molecule has 0 aliphatic heterocycles. The molecule has 1 aromatic carbocycles. The van der Waals surface area contributed by atoms with Crippen LogP contribution in [0.1, 0.15) is 31.9 Å². The fourth-order valence-corrected chi connectivity index (χ4v) is 5.55. The van der Waals surface area contributed by atoms with E-state index in [-0.39, 0.29) is 76.3 Å². The maximum Gasteiger partial charge on any atom is 0.313 e. The van der Waals surface area contributed by atoms with Crippen LogP contribution in [0.5, 0.6) is 5.75 Å². The molecule has 1 aliphatic rings. The van der Waals surface area contributed by atoms with Crippen molar-refractivity contribution in [2.75, 3.05) is 92.4 Å². The summed E-state index contributed by atoms with van der Waals surface area (Å²) in [5, 5.41) is 41.0. The van der Waals surface area contributed by atoms with E-state index in [4.69, 9.17) is 28.4 Å². The predicted octanol–water partition coefficient (Wildman–Crippen LogP) is 1.10. The lowest BCUT2D eigenvalue weighted by Gasteiger charge is -2.41. The molecule has 1 amide bonds. The Labute approximate surface area is 320 Å². The van der Waals surface area contributed by atoms with Crippen LogP contribution in [0.2, 0.25) is 0 Å². The first-order valence-corrected chi connectivity index (χ1v) is 18.3. The van der Waals surface area contributed by atoms with Gasteiger partial charge in [-0.25, -0.2) is 17.9 Å². The minimum absolute atomic E-state index is 0.00190. The summed E-state index contributed by atoms with van der Waals surface area (Å²) in [6.45, 7) is 5.09. The number of aliphatic hydroxyl groups excluding tert-OH is 3. The molecular weight excluding hydrogens is 763 g/mol. The van der Waals surface area contributed by atoms with E-state index in [1.165, 1.54) is 0 Å². The molecule has 1 aliphatic carbocycles. The summed E-state index contributed by atoms with van der Waals surface area (Å²) in [6.07, 6.45) is 0.968. The smallest absolute Gasteiger partial charge is 0.313 e. The molecule has 1 aromatic heterocycles. The Hall–Kier alpha value is -3.41. The van der Waals surface area contributed by atoms with E-state index in [2.05, 4.69) is 20.4 Å². The number of nitrogens with one attached hydrogen (secondary N) is 1. The minimum Gasteiger partial charge on any atom is -0.420 e. The van der Waals surface area contributed by atoms with Gasteiger partial charge in [0, 0.05) is 50.6 Å². The third-order valence-electron chi connectivity index (χ3n) is 8.82. The molecule has 21 heteroatoms. The van der Waals surface area contributed by atoms with Crippen LogP contribution in [0.3, 0.4) is 0 Å². The van der Waals surface area contributed by atoms with Crippen molar-refractivity contribution in [3.05, 3.63) is 41.0 Å². The average molecular weight is 815 g/mol. The number of carbonyl (C=O) groups is 2. The van der Waals surface area contributed by atoms with Gasteiger partial charge in [-0.3, -0.25) is 9.59 Å². The van der Waals surface area contributed by atoms with E-state index in [1.54, 1.807) is 11.6 Å². The molecule has 16 nitrogen and oxygen atoms in total. The number of benzene rings is 1. The number of ether oxygens (including phenoxy) is 7. The van der Waals surface area contributed by atoms with Gasteiger partial charge >= 0.3 is 5.97 Å². The number of hydrogen-bond acceptors (Lipinski definition) is 14. The first-order valence-electron chi connectivity index (χ1n) is 18.3. The molecule has 5 atom stereocenters. The third kappa shape index (κ3) is 15.9. The van der Waals surface area contributed by atoms with Crippen LogP contribution >= 0.6 is 0 Å². The summed E-state index contributed by atoms with van der Waals surface area (Å²) in [5.41, 5.74) is 0.757. The lowest BCUT2D eigenvalue weighted by Crippen LogP contribution is -2.48. The predicted molar refractivity (Wildman–Crippen MR) is 183 cm³/mol. The van der Waals surface area contributed by atoms with Crippen LogP contribution in [-0.4, -0.2) is 147 Å². The van der Waals surface area contributed by atoms with Crippen LogP contribution in [0.4, 0.5) is 22.0 Å². The highest BCUT2D eigenvalue weighted by molar-refractivity contribution is 5.75. The zero-order chi connectivity index (χ0) is 40.9. The molecule has 0 spiro atoms. The zero-order valence-corrected chi connectivity index (χ0v) is 31.1. The lowest BCUT2D eigenvalue weighted by atomic mass is 9.71. The largest absolute Gasteiger partial charge is 0.420 e. The van der Waals surface area contributed by atoms with Crippen molar-refractivity contribution in [2.45, 2.75) is 51.4 Å². The van der Waals surface area contributed by atoms with Gasteiger partial charge in [-0.05, 0) is 12.3 Å². The van der Waals surface area contributed by atoms with Crippen molar-refractivity contribution in [2.24, 2.45) is 17.8 Å². The number of aromatic nitrogens is 3. The van der Waals surface area contributed by atoms with E-state index in [0.29, 0.717) is 65.6 Å². The summed E-state index contributed by atoms with van der Waals surface area (Å²) >= 11 is 0. The summed E-state index contributed by atoms with van der Waals surface area (Å²) < 4.78 is 105. The first-order chi connectivity index (χ1) is 26.9. The number of nitrogens with zero attached hydrogens (tertiary/aromatic N) is 3. The molecule has 1 saturated carbocycles. The van der Waals surface area contributed by atoms with Gasteiger partial charge in [0.25, 0.3) is 0 Å². The highest BCUT2D eigenvalue weighted by Gasteiger charge is 2.41. The Bertz CT molecular complexity index is 1450. The Kier molecular flexibility index (Phi) is 21.6. The molecule has 318 valence electrons. The highest BCUT2D eigenvalue weighted by atomic mass is 19.2. The monoisotopic (exact) mass is 814 g/mol. The van der Waals surface area contributed by atoms with Crippen LogP contribution in [-0.2, 0) is 51.0 Å². The van der Waals surface area contributed by atoms with Crippen molar-refractivity contribution in [1.29, 1.82) is 0 Å². The van der Waals surface area contributed by atoms with Crippen molar-refractivity contribution < 1.29 is 80.0 Å². The maximum absolute atomic E-state index is 13.6. The topological polar surface area (TPSA) is 202 Å². The van der Waals surface area contributed by atoms with Gasteiger partial charge < -0.3 is 53.8 Å². The Balaban J connectivity index is 1.06. The van der Waals surface area contributed by atoms with Crippen molar-refractivity contribution >= 4 is 11.9 Å². The van der Waals surface area contributed by atoms with Gasteiger partial charge in [0.05, 0.1) is 104 Å². The van der Waals surface area contributed by atoms with E-state index < -0.39 is 59.4 Å².